The molecule has 0 aliphatic rings. The van der Waals surface area contributed by atoms with Gasteiger partial charge in [0.2, 0.25) is 0 Å². The van der Waals surface area contributed by atoms with Crippen molar-refractivity contribution in [2.45, 2.75) is 6.92 Å². The van der Waals surface area contributed by atoms with Gasteiger partial charge in [-0.2, -0.15) is 5.26 Å². The molecule has 0 spiro atoms. The molecule has 0 fully saturated rings. The third-order valence-corrected chi connectivity index (χ3v) is 4.11. The number of hydrogen-bond donors (Lipinski definition) is 0. The lowest BCUT2D eigenvalue weighted by atomic mass is 10.1. The lowest BCUT2D eigenvalue weighted by Crippen LogP contribution is -1.98. The van der Waals surface area contributed by atoms with Gasteiger partial charge in [-0.1, -0.05) is 17.5 Å². The Morgan fingerprint density at radius 2 is 2.30 bits per heavy atom. The zero-order chi connectivity index (χ0) is 16.8. The number of halogens is 1. The molecule has 2 rings (SSSR count). The number of hydrogen-bond acceptors (Lipinski definition) is 5. The molecule has 2 aromatic rings. The maximum atomic E-state index is 9.35. The van der Waals surface area contributed by atoms with Crippen molar-refractivity contribution in [3.05, 3.63) is 38.8 Å². The summed E-state index contributed by atoms with van der Waals surface area (Å²) in [6.07, 6.45) is 6.89. The molecule has 0 N–H and O–H groups in total. The second kappa shape index (κ2) is 7.69. The van der Waals surface area contributed by atoms with Gasteiger partial charge < -0.3 is 9.47 Å². The summed E-state index contributed by atoms with van der Waals surface area (Å²) < 4.78 is 10.7. The topological polar surface area (TPSA) is 55.1 Å². The molecule has 0 saturated carbocycles. The Kier molecular flexibility index (Phi) is 5.65. The zero-order valence-corrected chi connectivity index (χ0v) is 14.2. The first-order chi connectivity index (χ1) is 11.1. The first-order valence-corrected chi connectivity index (χ1v) is 7.83. The van der Waals surface area contributed by atoms with E-state index in [1.54, 1.807) is 18.2 Å². The summed E-state index contributed by atoms with van der Waals surface area (Å²) >= 11 is 7.64. The average Bonchev–Trinajstić information content (AvgIpc) is 2.97. The van der Waals surface area contributed by atoms with Gasteiger partial charge in [0.25, 0.3) is 0 Å². The highest BCUT2D eigenvalue weighted by Crippen LogP contribution is 2.37. The molecular weight excluding hydrogens is 332 g/mol. The molecule has 0 amide bonds. The van der Waals surface area contributed by atoms with Crippen LogP contribution in [-0.2, 0) is 0 Å². The van der Waals surface area contributed by atoms with E-state index in [4.69, 9.17) is 27.5 Å². The van der Waals surface area contributed by atoms with Gasteiger partial charge in [0.1, 0.15) is 17.7 Å². The third kappa shape index (κ3) is 4.04. The number of thiazole rings is 1. The van der Waals surface area contributed by atoms with E-state index >= 15 is 0 Å². The summed E-state index contributed by atoms with van der Waals surface area (Å²) in [5, 5.41) is 12.3. The van der Waals surface area contributed by atoms with Crippen molar-refractivity contribution in [3.8, 4) is 29.9 Å². The molecule has 0 atom stereocenters. The summed E-state index contributed by atoms with van der Waals surface area (Å²) in [7, 11) is 1.51. The Balaban J connectivity index is 2.44. The van der Waals surface area contributed by atoms with E-state index in [0.29, 0.717) is 32.7 Å². The van der Waals surface area contributed by atoms with E-state index in [0.717, 1.165) is 5.69 Å². The highest BCUT2D eigenvalue weighted by Gasteiger charge is 2.12. The van der Waals surface area contributed by atoms with Crippen molar-refractivity contribution in [2.24, 2.45) is 0 Å². The van der Waals surface area contributed by atoms with Gasteiger partial charge in [-0.05, 0) is 30.7 Å². The quantitative estimate of drug-likeness (QED) is 0.603. The number of aromatic nitrogens is 1. The van der Waals surface area contributed by atoms with Crippen LogP contribution in [-0.4, -0.2) is 18.7 Å². The highest BCUT2D eigenvalue weighted by molar-refractivity contribution is 7.11. The molecule has 0 bridgehead atoms. The minimum absolute atomic E-state index is 0.0904. The summed E-state index contributed by atoms with van der Waals surface area (Å²) in [5.74, 6) is 3.21. The van der Waals surface area contributed by atoms with E-state index in [9.17, 15) is 5.26 Å². The van der Waals surface area contributed by atoms with E-state index in [-0.39, 0.29) is 6.61 Å². The molecule has 0 aliphatic heterocycles. The van der Waals surface area contributed by atoms with Crippen LogP contribution in [0.2, 0.25) is 5.02 Å². The van der Waals surface area contributed by atoms with Crippen LogP contribution in [0.1, 0.15) is 16.3 Å². The SMILES string of the molecule is C#CCOc1c(Cl)cc(/C=C(\C#N)c2nc(C)cs2)cc1OC. The standard InChI is InChI=1S/C17H13ClN2O2S/c1-4-5-22-16-14(18)7-12(8-15(16)21-3)6-13(9-19)17-20-11(2)10-23-17/h1,6-8,10H,5H2,2-3H3/b13-6+. The fourth-order valence-electron chi connectivity index (χ4n) is 1.86. The van der Waals surface area contributed by atoms with E-state index in [1.807, 2.05) is 12.3 Å². The zero-order valence-electron chi connectivity index (χ0n) is 12.6. The maximum Gasteiger partial charge on any atom is 0.181 e. The first-order valence-electron chi connectivity index (χ1n) is 6.57. The van der Waals surface area contributed by atoms with Gasteiger partial charge in [-0.15, -0.1) is 17.8 Å². The molecule has 1 aromatic heterocycles. The van der Waals surface area contributed by atoms with Crippen LogP contribution >= 0.6 is 22.9 Å². The molecule has 23 heavy (non-hydrogen) atoms. The van der Waals surface area contributed by atoms with Gasteiger partial charge in [-0.25, -0.2) is 4.98 Å². The van der Waals surface area contributed by atoms with Crippen molar-refractivity contribution in [2.75, 3.05) is 13.7 Å². The minimum atomic E-state index is 0.0904. The molecule has 6 heteroatoms. The van der Waals surface area contributed by atoms with Crippen LogP contribution in [0.4, 0.5) is 0 Å². The maximum absolute atomic E-state index is 9.35. The molecule has 1 heterocycles. The van der Waals surface area contributed by atoms with Crippen molar-refractivity contribution >= 4 is 34.6 Å². The number of terminal acetylenes is 1. The minimum Gasteiger partial charge on any atom is -0.493 e. The number of nitriles is 1. The van der Waals surface area contributed by atoms with E-state index in [1.165, 1.54) is 18.4 Å². The molecule has 1 aromatic carbocycles. The fourth-order valence-corrected chi connectivity index (χ4v) is 2.90. The summed E-state index contributed by atoms with van der Waals surface area (Å²) in [5.41, 5.74) is 2.04. The number of allylic oxidation sites excluding steroid dienone is 1. The van der Waals surface area contributed by atoms with Crippen LogP contribution in [0.15, 0.2) is 17.5 Å². The first kappa shape index (κ1) is 16.9. The van der Waals surface area contributed by atoms with Gasteiger partial charge in [0.05, 0.1) is 17.7 Å². The Bertz CT molecular complexity index is 828. The number of benzene rings is 1. The van der Waals surface area contributed by atoms with Crippen LogP contribution in [0.5, 0.6) is 11.5 Å². The van der Waals surface area contributed by atoms with Crippen LogP contribution < -0.4 is 9.47 Å². The smallest absolute Gasteiger partial charge is 0.181 e. The van der Waals surface area contributed by atoms with Gasteiger partial charge in [0.15, 0.2) is 11.5 Å². The average molecular weight is 345 g/mol. The molecule has 116 valence electrons. The second-order valence-electron chi connectivity index (χ2n) is 4.49. The molecule has 0 saturated heterocycles. The van der Waals surface area contributed by atoms with Gasteiger partial charge in [-0.3, -0.25) is 0 Å². The highest BCUT2D eigenvalue weighted by atomic mass is 35.5. The Morgan fingerprint density at radius 1 is 1.52 bits per heavy atom. The molecule has 0 aliphatic carbocycles. The van der Waals surface area contributed by atoms with Crippen molar-refractivity contribution in [1.29, 1.82) is 5.26 Å². The number of aryl methyl sites for hydroxylation is 1. The summed E-state index contributed by atoms with van der Waals surface area (Å²) in [6, 6.07) is 5.57. The molecule has 0 radical (unpaired) electrons. The largest absolute Gasteiger partial charge is 0.493 e. The van der Waals surface area contributed by atoms with Crippen molar-refractivity contribution in [1.82, 2.24) is 4.98 Å². The normalized spacial score (nSPS) is 10.7. The molecule has 0 unspecified atom stereocenters. The Morgan fingerprint density at radius 3 is 2.87 bits per heavy atom. The van der Waals surface area contributed by atoms with Gasteiger partial charge in [0, 0.05) is 11.1 Å². The monoisotopic (exact) mass is 344 g/mol. The van der Waals surface area contributed by atoms with Crippen molar-refractivity contribution < 1.29 is 9.47 Å². The number of rotatable bonds is 5. The molecular formula is C17H13ClN2O2S. The number of methoxy groups -OCH3 is 1. The Hall–Kier alpha value is -2.47. The fraction of sp³-hybridized carbons (Fsp3) is 0.176. The Labute approximate surface area is 144 Å². The van der Waals surface area contributed by atoms with Crippen LogP contribution in [0, 0.1) is 30.6 Å². The predicted molar refractivity (Wildman–Crippen MR) is 92.7 cm³/mol. The third-order valence-electron chi connectivity index (χ3n) is 2.83. The lowest BCUT2D eigenvalue weighted by molar-refractivity contribution is 0.331. The summed E-state index contributed by atoms with van der Waals surface area (Å²) in [6.45, 7) is 1.97. The van der Waals surface area contributed by atoms with Crippen molar-refractivity contribution in [3.63, 3.8) is 0 Å². The van der Waals surface area contributed by atoms with Crippen LogP contribution in [0.25, 0.3) is 11.6 Å². The number of ether oxygens (including phenoxy) is 2. The van der Waals surface area contributed by atoms with Crippen LogP contribution in [0.3, 0.4) is 0 Å². The summed E-state index contributed by atoms with van der Waals surface area (Å²) in [4.78, 5) is 4.32. The predicted octanol–water partition coefficient (Wildman–Crippen LogP) is 4.19. The van der Waals surface area contributed by atoms with Gasteiger partial charge >= 0.3 is 0 Å². The number of nitrogens with zero attached hydrogens (tertiary/aromatic N) is 2. The molecule has 4 nitrogen and oxygen atoms in total. The van der Waals surface area contributed by atoms with E-state index < -0.39 is 0 Å². The van der Waals surface area contributed by atoms with E-state index in [2.05, 4.69) is 17.0 Å². The second-order valence-corrected chi connectivity index (χ2v) is 5.76. The lowest BCUT2D eigenvalue weighted by Gasteiger charge is -2.11.